The van der Waals surface area contributed by atoms with Gasteiger partial charge in [0.1, 0.15) is 0 Å². The zero-order valence-electron chi connectivity index (χ0n) is 18.5. The third kappa shape index (κ3) is 4.17. The van der Waals surface area contributed by atoms with Gasteiger partial charge in [-0.15, -0.1) is 0 Å². The molecule has 0 bridgehead atoms. The highest BCUT2D eigenvalue weighted by atomic mass is 16.5. The van der Waals surface area contributed by atoms with Crippen LogP contribution in [0.4, 0.5) is 0 Å². The predicted molar refractivity (Wildman–Crippen MR) is 116 cm³/mol. The number of amides is 1. The Bertz CT molecular complexity index is 1060. The zero-order valence-corrected chi connectivity index (χ0v) is 18.5. The van der Waals surface area contributed by atoms with E-state index in [-0.39, 0.29) is 11.5 Å². The van der Waals surface area contributed by atoms with Crippen LogP contribution >= 0.6 is 0 Å². The number of aromatic nitrogens is 5. The van der Waals surface area contributed by atoms with Crippen molar-refractivity contribution in [3.05, 3.63) is 47.9 Å². The van der Waals surface area contributed by atoms with E-state index in [4.69, 9.17) is 9.26 Å². The van der Waals surface area contributed by atoms with Crippen LogP contribution in [0.25, 0.3) is 11.4 Å². The lowest BCUT2D eigenvalue weighted by atomic mass is 9.78. The number of carbonyl (C=O) groups is 1. The van der Waals surface area contributed by atoms with Gasteiger partial charge in [-0.3, -0.25) is 14.5 Å². The molecule has 3 aromatic rings. The van der Waals surface area contributed by atoms with Gasteiger partial charge in [0.25, 0.3) is 5.91 Å². The van der Waals surface area contributed by atoms with Crippen molar-refractivity contribution in [2.24, 2.45) is 13.0 Å². The summed E-state index contributed by atoms with van der Waals surface area (Å²) in [4.78, 5) is 23.4. The second-order valence-corrected chi connectivity index (χ2v) is 8.93. The first-order valence-electron chi connectivity index (χ1n) is 11.2. The number of nitrogens with zero attached hydrogens (tertiary/aromatic N) is 6. The van der Waals surface area contributed by atoms with Crippen molar-refractivity contribution in [3.8, 4) is 11.4 Å². The molecule has 9 nitrogen and oxygen atoms in total. The first-order valence-corrected chi connectivity index (χ1v) is 11.2. The summed E-state index contributed by atoms with van der Waals surface area (Å²) in [6.45, 7) is 4.05. The number of carbonyl (C=O) groups excluding carboxylic acids is 1. The maximum Gasteiger partial charge on any atom is 0.274 e. The van der Waals surface area contributed by atoms with Crippen LogP contribution in [0.2, 0.25) is 0 Å². The van der Waals surface area contributed by atoms with Crippen LogP contribution < -0.4 is 0 Å². The molecular formula is C23H28N6O3. The lowest BCUT2D eigenvalue weighted by molar-refractivity contribution is -0.124. The van der Waals surface area contributed by atoms with E-state index in [1.54, 1.807) is 17.1 Å². The number of piperidine rings is 1. The minimum absolute atomic E-state index is 0.00435. The van der Waals surface area contributed by atoms with Crippen LogP contribution in [0.3, 0.4) is 0 Å². The van der Waals surface area contributed by atoms with Gasteiger partial charge in [-0.05, 0) is 56.7 Å². The van der Waals surface area contributed by atoms with E-state index < -0.39 is 0 Å². The Kier molecular flexibility index (Phi) is 5.50. The van der Waals surface area contributed by atoms with Crippen LogP contribution in [0, 0.1) is 12.8 Å². The van der Waals surface area contributed by atoms with Crippen LogP contribution in [0.15, 0.2) is 35.1 Å². The molecule has 1 unspecified atom stereocenters. The molecule has 2 fully saturated rings. The largest absolute Gasteiger partial charge is 0.375 e. The summed E-state index contributed by atoms with van der Waals surface area (Å²) in [5.74, 6) is 1.66. The maximum absolute atomic E-state index is 12.8. The molecule has 9 heteroatoms. The van der Waals surface area contributed by atoms with Gasteiger partial charge in [0.2, 0.25) is 11.7 Å². The molecule has 0 aromatic carbocycles. The Labute approximate surface area is 186 Å². The van der Waals surface area contributed by atoms with Gasteiger partial charge in [-0.2, -0.15) is 10.1 Å². The molecule has 32 heavy (non-hydrogen) atoms. The van der Waals surface area contributed by atoms with Gasteiger partial charge in [0, 0.05) is 56.8 Å². The highest BCUT2D eigenvalue weighted by Gasteiger charge is 2.41. The van der Waals surface area contributed by atoms with Crippen molar-refractivity contribution < 1.29 is 14.1 Å². The van der Waals surface area contributed by atoms with Gasteiger partial charge in [-0.25, -0.2) is 0 Å². The third-order valence-electron chi connectivity index (χ3n) is 6.74. The number of rotatable bonds is 4. The molecule has 1 spiro atoms. The molecule has 5 heterocycles. The minimum atomic E-state index is -0.175. The minimum Gasteiger partial charge on any atom is -0.375 e. The monoisotopic (exact) mass is 436 g/mol. The fourth-order valence-electron chi connectivity index (χ4n) is 4.79. The fraction of sp³-hybridized carbons (Fsp3) is 0.522. The molecule has 2 saturated heterocycles. The number of aryl methyl sites for hydroxylation is 2. The normalized spacial score (nSPS) is 20.6. The zero-order chi connectivity index (χ0) is 22.1. The Morgan fingerprint density at radius 2 is 2.16 bits per heavy atom. The van der Waals surface area contributed by atoms with E-state index in [0.717, 1.165) is 50.0 Å². The van der Waals surface area contributed by atoms with Crippen molar-refractivity contribution in [1.29, 1.82) is 0 Å². The van der Waals surface area contributed by atoms with Crippen LogP contribution in [-0.4, -0.2) is 61.0 Å². The summed E-state index contributed by atoms with van der Waals surface area (Å²) >= 11 is 0. The van der Waals surface area contributed by atoms with Crippen LogP contribution in [-0.2, 0) is 18.2 Å². The molecule has 0 saturated carbocycles. The molecule has 0 aliphatic carbocycles. The first kappa shape index (κ1) is 20.8. The average Bonchev–Trinajstić information content (AvgIpc) is 3.41. The van der Waals surface area contributed by atoms with Gasteiger partial charge < -0.3 is 14.2 Å². The summed E-state index contributed by atoms with van der Waals surface area (Å²) in [5, 5.41) is 8.45. The van der Waals surface area contributed by atoms with E-state index in [1.807, 2.05) is 37.1 Å². The fourth-order valence-corrected chi connectivity index (χ4v) is 4.79. The average molecular weight is 437 g/mol. The molecular weight excluding hydrogens is 408 g/mol. The summed E-state index contributed by atoms with van der Waals surface area (Å²) in [6, 6.07) is 5.64. The standard InChI is InChI=1S/C23H28N6O3/c1-16-12-19(26-28(16)2)22(30)29-9-6-23(7-10-29)14-17(5-11-31-23)13-20-25-21(27-32-20)18-4-3-8-24-15-18/h3-4,8,12,15,17H,5-7,9-11,13-14H2,1-2H3. The Balaban J connectivity index is 1.19. The number of pyridine rings is 1. The smallest absolute Gasteiger partial charge is 0.274 e. The molecule has 0 radical (unpaired) electrons. The lowest BCUT2D eigenvalue weighted by Gasteiger charge is -2.46. The predicted octanol–water partition coefficient (Wildman–Crippen LogP) is 2.82. The number of hydrogen-bond donors (Lipinski definition) is 0. The molecule has 168 valence electrons. The molecule has 2 aliphatic rings. The summed E-state index contributed by atoms with van der Waals surface area (Å²) < 4.78 is 13.5. The van der Waals surface area contributed by atoms with E-state index in [1.165, 1.54) is 0 Å². The van der Waals surface area contributed by atoms with Gasteiger partial charge in [-0.1, -0.05) is 5.16 Å². The topological polar surface area (TPSA) is 99.2 Å². The number of ether oxygens (including phenoxy) is 1. The first-order chi connectivity index (χ1) is 15.5. The highest BCUT2D eigenvalue weighted by molar-refractivity contribution is 5.92. The van der Waals surface area contributed by atoms with Crippen LogP contribution in [0.1, 0.15) is 47.8 Å². The summed E-state index contributed by atoms with van der Waals surface area (Å²) in [5.41, 5.74) is 2.18. The molecule has 1 amide bonds. The SMILES string of the molecule is Cc1cc(C(=O)N2CCC3(CC2)CC(Cc2nc(-c4cccnc4)no2)CCO3)nn1C. The number of likely N-dealkylation sites (tertiary alicyclic amines) is 1. The second-order valence-electron chi connectivity index (χ2n) is 8.93. The third-order valence-corrected chi connectivity index (χ3v) is 6.74. The molecule has 3 aromatic heterocycles. The van der Waals surface area contributed by atoms with E-state index in [2.05, 4.69) is 20.2 Å². The molecule has 1 atom stereocenters. The van der Waals surface area contributed by atoms with E-state index in [0.29, 0.717) is 36.4 Å². The summed E-state index contributed by atoms with van der Waals surface area (Å²) in [7, 11) is 1.86. The molecule has 0 N–H and O–H groups in total. The van der Waals surface area contributed by atoms with Crippen molar-refractivity contribution in [2.45, 2.75) is 44.6 Å². The van der Waals surface area contributed by atoms with Gasteiger partial charge >= 0.3 is 0 Å². The van der Waals surface area contributed by atoms with Crippen molar-refractivity contribution in [3.63, 3.8) is 0 Å². The van der Waals surface area contributed by atoms with E-state index >= 15 is 0 Å². The van der Waals surface area contributed by atoms with Crippen LogP contribution in [0.5, 0.6) is 0 Å². The number of hydrogen-bond acceptors (Lipinski definition) is 7. The lowest BCUT2D eigenvalue weighted by Crippen LogP contribution is -2.51. The second kappa shape index (κ2) is 8.46. The quantitative estimate of drug-likeness (QED) is 0.620. The van der Waals surface area contributed by atoms with E-state index in [9.17, 15) is 4.79 Å². The Morgan fingerprint density at radius 1 is 1.31 bits per heavy atom. The molecule has 5 rings (SSSR count). The Morgan fingerprint density at radius 3 is 2.88 bits per heavy atom. The maximum atomic E-state index is 12.8. The highest BCUT2D eigenvalue weighted by Crippen LogP contribution is 2.39. The van der Waals surface area contributed by atoms with Crippen molar-refractivity contribution >= 4 is 5.91 Å². The Hall–Kier alpha value is -3.07. The van der Waals surface area contributed by atoms with Gasteiger partial charge in [0.15, 0.2) is 5.69 Å². The van der Waals surface area contributed by atoms with Crippen molar-refractivity contribution in [2.75, 3.05) is 19.7 Å². The summed E-state index contributed by atoms with van der Waals surface area (Å²) in [6.07, 6.45) is 7.80. The molecule has 2 aliphatic heterocycles. The van der Waals surface area contributed by atoms with Crippen molar-refractivity contribution in [1.82, 2.24) is 29.8 Å². The van der Waals surface area contributed by atoms with Gasteiger partial charge in [0.05, 0.1) is 5.60 Å².